The first-order valence-corrected chi connectivity index (χ1v) is 12.3. The van der Waals surface area contributed by atoms with Gasteiger partial charge in [0.2, 0.25) is 0 Å². The van der Waals surface area contributed by atoms with Crippen molar-refractivity contribution in [1.82, 2.24) is 0 Å². The Morgan fingerprint density at radius 1 is 0.368 bits per heavy atom. The minimum absolute atomic E-state index is 1.97. The van der Waals surface area contributed by atoms with E-state index in [-0.39, 0.29) is 0 Å². The second kappa shape index (κ2) is 14.3. The maximum atomic E-state index is 13.8. The molecule has 0 radical (unpaired) electrons. The van der Waals surface area contributed by atoms with Gasteiger partial charge in [-0.1, -0.05) is 6.58 Å². The summed E-state index contributed by atoms with van der Waals surface area (Å²) < 4.78 is 427. The van der Waals surface area contributed by atoms with Gasteiger partial charge >= 0.3 is 108 Å². The molecular formula is C21H6F32O4. The number of halogens is 32. The van der Waals surface area contributed by atoms with E-state index in [1.54, 1.807) is 0 Å². The fourth-order valence-corrected chi connectivity index (χ4v) is 2.97. The molecule has 0 saturated carbocycles. The molecule has 0 aliphatic heterocycles. The molecule has 2 atom stereocenters. The molecular weight excluding hydrogens is 924 g/mol. The summed E-state index contributed by atoms with van der Waals surface area (Å²) in [7, 11) is 0. The molecule has 338 valence electrons. The van der Waals surface area contributed by atoms with E-state index in [4.69, 9.17) is 0 Å². The van der Waals surface area contributed by atoms with E-state index in [2.05, 4.69) is 9.47 Å². The van der Waals surface area contributed by atoms with Crippen LogP contribution in [0.5, 0.6) is 0 Å². The van der Waals surface area contributed by atoms with E-state index in [0.29, 0.717) is 0 Å². The lowest BCUT2D eigenvalue weighted by Gasteiger charge is -2.41. The first-order valence-electron chi connectivity index (χ1n) is 12.3. The van der Waals surface area contributed by atoms with E-state index in [0.717, 1.165) is 0 Å². The number of rotatable bonds is 17. The molecule has 0 aromatic heterocycles. The van der Waals surface area contributed by atoms with Crippen LogP contribution in [0.25, 0.3) is 0 Å². The average molecular weight is 930 g/mol. The molecule has 0 aliphatic rings. The molecule has 4 nitrogen and oxygen atoms in total. The molecule has 57 heavy (non-hydrogen) atoms. The summed E-state index contributed by atoms with van der Waals surface area (Å²) in [6.45, 7) is 1.97. The molecule has 0 fully saturated rings. The average Bonchev–Trinajstić information content (AvgIpc) is 2.98. The SMILES string of the molecule is C=C(CC(=O)OC(F)C(F)(F)C(F)(F)C(F)(F)C(F)(F)C(F)(F)C(F)(F)C(F)(F)F)C(=O)OC(F)C(F)(F)C(F)(F)C(F)(F)C(F)(F)C(F)(F)C(F)(F)C(F)(F)F. The number of carbonyl (C=O) groups excluding carboxylic acids is 2. The van der Waals surface area contributed by atoms with Crippen LogP contribution >= 0.6 is 0 Å². The first kappa shape index (κ1) is 53.4. The van der Waals surface area contributed by atoms with Crippen LogP contribution in [0.4, 0.5) is 140 Å². The number of carbonyl (C=O) groups is 2. The quantitative estimate of drug-likeness (QED) is 0.0829. The number of ether oxygens (including phenoxy) is 2. The Kier molecular flexibility index (Phi) is 13.4. The van der Waals surface area contributed by atoms with Gasteiger partial charge in [0.25, 0.3) is 0 Å². The van der Waals surface area contributed by atoms with Crippen molar-refractivity contribution in [3.05, 3.63) is 12.2 Å². The molecule has 0 rings (SSSR count). The lowest BCUT2D eigenvalue weighted by Crippen LogP contribution is -2.73. The third-order valence-corrected chi connectivity index (χ3v) is 6.37. The zero-order valence-electron chi connectivity index (χ0n) is 24.8. The molecule has 0 amide bonds. The monoisotopic (exact) mass is 930 g/mol. The Balaban J connectivity index is 6.34. The number of hydrogen-bond donors (Lipinski definition) is 0. The number of esters is 2. The van der Waals surface area contributed by atoms with Gasteiger partial charge in [-0.2, -0.15) is 140 Å². The zero-order chi connectivity index (χ0) is 47.0. The Bertz CT molecular complexity index is 1500. The number of alkyl halides is 32. The van der Waals surface area contributed by atoms with Crippen LogP contribution in [0.1, 0.15) is 6.42 Å². The van der Waals surface area contributed by atoms with Gasteiger partial charge in [0.15, 0.2) is 0 Å². The van der Waals surface area contributed by atoms with Gasteiger partial charge in [0.05, 0.1) is 6.42 Å². The second-order valence-corrected chi connectivity index (χ2v) is 10.3. The number of hydrogen-bond acceptors (Lipinski definition) is 4. The molecule has 0 saturated heterocycles. The van der Waals surface area contributed by atoms with Crippen molar-refractivity contribution in [2.45, 2.75) is 103 Å². The van der Waals surface area contributed by atoms with Crippen molar-refractivity contribution in [3.63, 3.8) is 0 Å². The Labute approximate surface area is 287 Å². The minimum Gasteiger partial charge on any atom is -0.424 e. The molecule has 0 aromatic rings. The van der Waals surface area contributed by atoms with Gasteiger partial charge in [-0.25, -0.2) is 4.79 Å². The van der Waals surface area contributed by atoms with Gasteiger partial charge in [-0.05, 0) is 0 Å². The van der Waals surface area contributed by atoms with E-state index < -0.39 is 120 Å². The van der Waals surface area contributed by atoms with Crippen molar-refractivity contribution in [2.75, 3.05) is 0 Å². The molecule has 0 bridgehead atoms. The van der Waals surface area contributed by atoms with Crippen molar-refractivity contribution in [3.8, 4) is 0 Å². The van der Waals surface area contributed by atoms with Crippen molar-refractivity contribution < 1.29 is 160 Å². The van der Waals surface area contributed by atoms with E-state index >= 15 is 0 Å². The van der Waals surface area contributed by atoms with Gasteiger partial charge in [0, 0.05) is 5.57 Å². The van der Waals surface area contributed by atoms with Gasteiger partial charge < -0.3 is 9.47 Å². The van der Waals surface area contributed by atoms with E-state index in [9.17, 15) is 150 Å². The highest BCUT2D eigenvalue weighted by molar-refractivity contribution is 5.93. The summed E-state index contributed by atoms with van der Waals surface area (Å²) in [4.78, 5) is 22.8. The summed E-state index contributed by atoms with van der Waals surface area (Å²) in [5, 5.41) is 0. The van der Waals surface area contributed by atoms with E-state index in [1.165, 1.54) is 0 Å². The maximum Gasteiger partial charge on any atom is 0.460 e. The summed E-state index contributed by atoms with van der Waals surface area (Å²) >= 11 is 0. The summed E-state index contributed by atoms with van der Waals surface area (Å²) in [6.07, 6.45) is -31.2. The second-order valence-electron chi connectivity index (χ2n) is 10.3. The Morgan fingerprint density at radius 3 is 0.825 bits per heavy atom. The maximum absolute atomic E-state index is 13.8. The fourth-order valence-electron chi connectivity index (χ4n) is 2.97. The molecule has 36 heteroatoms. The van der Waals surface area contributed by atoms with Crippen LogP contribution in [0.15, 0.2) is 12.2 Å². The van der Waals surface area contributed by atoms with Crippen LogP contribution in [-0.2, 0) is 19.1 Å². The molecule has 0 heterocycles. The predicted octanol–water partition coefficient (Wildman–Crippen LogP) is 10.4. The highest BCUT2D eigenvalue weighted by Gasteiger charge is 2.96. The fraction of sp³-hybridized carbons (Fsp3) is 0.810. The topological polar surface area (TPSA) is 52.6 Å². The van der Waals surface area contributed by atoms with Crippen LogP contribution in [-0.4, -0.2) is 108 Å². The molecule has 0 N–H and O–H groups in total. The molecule has 0 aliphatic carbocycles. The lowest BCUT2D eigenvalue weighted by molar-refractivity contribution is -0.458. The largest absolute Gasteiger partial charge is 0.460 e. The standard InChI is InChI=1S/C21H6F32O4/c1-3(5(55)57-7(23)9(26,27)11(30,31)13(34,35)15(38,39)17(42,43)19(46,47)21(51,52)53)2-4(54)56-6(22)8(24,25)10(28,29)12(32,33)14(36,37)16(40,41)18(44,45)20(48,49)50/h6-7H,1-2H2. The normalized spacial score (nSPS) is 16.9. The zero-order valence-corrected chi connectivity index (χ0v) is 24.8. The minimum atomic E-state index is -9.01. The summed E-state index contributed by atoms with van der Waals surface area (Å²) in [6, 6.07) is 0. The third kappa shape index (κ3) is 7.61. The smallest absolute Gasteiger partial charge is 0.424 e. The van der Waals surface area contributed by atoms with Crippen LogP contribution < -0.4 is 0 Å². The summed E-state index contributed by atoms with van der Waals surface area (Å²) in [5.41, 5.74) is -2.54. The highest BCUT2D eigenvalue weighted by Crippen LogP contribution is 2.64. The van der Waals surface area contributed by atoms with Gasteiger partial charge in [-0.3, -0.25) is 4.79 Å². The van der Waals surface area contributed by atoms with Gasteiger partial charge in [0.1, 0.15) is 0 Å². The van der Waals surface area contributed by atoms with Crippen molar-refractivity contribution in [2.24, 2.45) is 0 Å². The van der Waals surface area contributed by atoms with E-state index in [1.807, 2.05) is 6.58 Å². The lowest BCUT2D eigenvalue weighted by atomic mass is 9.91. The van der Waals surface area contributed by atoms with Crippen molar-refractivity contribution in [1.29, 1.82) is 0 Å². The Morgan fingerprint density at radius 2 is 0.579 bits per heavy atom. The molecule has 0 aromatic carbocycles. The van der Waals surface area contributed by atoms with Crippen LogP contribution in [0.2, 0.25) is 0 Å². The van der Waals surface area contributed by atoms with Crippen LogP contribution in [0.3, 0.4) is 0 Å². The first-order chi connectivity index (χ1) is 24.2. The molecule has 0 spiro atoms. The van der Waals surface area contributed by atoms with Crippen molar-refractivity contribution >= 4 is 11.9 Å². The van der Waals surface area contributed by atoms with Gasteiger partial charge in [-0.15, -0.1) is 0 Å². The Hall–Kier alpha value is -3.56. The van der Waals surface area contributed by atoms with Crippen LogP contribution in [0, 0.1) is 0 Å². The summed E-state index contributed by atoms with van der Waals surface area (Å²) in [5.74, 6) is -111. The molecule has 2 unspecified atom stereocenters. The third-order valence-electron chi connectivity index (χ3n) is 6.37. The predicted molar refractivity (Wildman–Crippen MR) is 107 cm³/mol. The highest BCUT2D eigenvalue weighted by atomic mass is 19.4.